The first kappa shape index (κ1) is 15.0. The highest BCUT2D eigenvalue weighted by molar-refractivity contribution is 6.06. The maximum absolute atomic E-state index is 13.2. The number of benzene rings is 2. The molecule has 2 aromatic carbocycles. The van der Waals surface area contributed by atoms with Gasteiger partial charge < -0.3 is 10.1 Å². The minimum atomic E-state index is -0.400. The van der Waals surface area contributed by atoms with E-state index in [2.05, 4.69) is 10.3 Å². The quantitative estimate of drug-likeness (QED) is 0.797. The number of hydrogen-bond donors (Lipinski definition) is 1. The zero-order chi connectivity index (χ0) is 16.4. The molecule has 1 heterocycles. The molecule has 23 heavy (non-hydrogen) atoms. The molecule has 0 spiro atoms. The number of ether oxygens (including phenoxy) is 1. The number of carbonyl (C=O) groups excluding carboxylic acids is 1. The van der Waals surface area contributed by atoms with Gasteiger partial charge in [-0.2, -0.15) is 0 Å². The summed E-state index contributed by atoms with van der Waals surface area (Å²) in [5.74, 6) is -0.0112. The number of carbonyl (C=O) groups is 1. The van der Waals surface area contributed by atoms with E-state index in [1.807, 2.05) is 18.2 Å². The van der Waals surface area contributed by atoms with Crippen LogP contribution in [-0.4, -0.2) is 18.0 Å². The van der Waals surface area contributed by atoms with Crippen molar-refractivity contribution < 1.29 is 13.9 Å². The molecule has 0 bridgehead atoms. The molecule has 0 radical (unpaired) electrons. The van der Waals surface area contributed by atoms with Crippen LogP contribution in [0, 0.1) is 12.7 Å². The van der Waals surface area contributed by atoms with Crippen LogP contribution in [0.25, 0.3) is 10.9 Å². The summed E-state index contributed by atoms with van der Waals surface area (Å²) >= 11 is 0. The molecular weight excluding hydrogens is 295 g/mol. The minimum Gasteiger partial charge on any atom is -0.497 e. The van der Waals surface area contributed by atoms with Crippen molar-refractivity contribution in [1.29, 1.82) is 0 Å². The van der Waals surface area contributed by atoms with Gasteiger partial charge >= 0.3 is 0 Å². The number of nitrogens with one attached hydrogen (secondary N) is 1. The van der Waals surface area contributed by atoms with Gasteiger partial charge in [-0.05, 0) is 43.3 Å². The lowest BCUT2D eigenvalue weighted by Gasteiger charge is -2.09. The fraction of sp³-hybridized carbons (Fsp3) is 0.111. The van der Waals surface area contributed by atoms with Gasteiger partial charge in [0, 0.05) is 17.1 Å². The Balaban J connectivity index is 1.95. The molecule has 0 saturated heterocycles. The van der Waals surface area contributed by atoms with Crippen LogP contribution >= 0.6 is 0 Å². The number of pyridine rings is 1. The summed E-state index contributed by atoms with van der Waals surface area (Å²) in [5, 5.41) is 3.52. The molecule has 0 fully saturated rings. The molecule has 1 N–H and O–H groups in total. The van der Waals surface area contributed by atoms with Crippen LogP contribution in [0.2, 0.25) is 0 Å². The molecular formula is C18H15FN2O2. The van der Waals surface area contributed by atoms with Gasteiger partial charge in [-0.25, -0.2) is 4.39 Å². The summed E-state index contributed by atoms with van der Waals surface area (Å²) in [6.45, 7) is 1.76. The predicted molar refractivity (Wildman–Crippen MR) is 87.4 cm³/mol. The van der Waals surface area contributed by atoms with E-state index in [1.165, 1.54) is 12.1 Å². The molecule has 0 aliphatic carbocycles. The normalized spacial score (nSPS) is 10.6. The molecule has 3 rings (SSSR count). The number of aromatic nitrogens is 1. The van der Waals surface area contributed by atoms with E-state index in [-0.39, 0.29) is 5.91 Å². The van der Waals surface area contributed by atoms with Gasteiger partial charge in [-0.15, -0.1) is 0 Å². The number of rotatable bonds is 3. The van der Waals surface area contributed by atoms with Crippen molar-refractivity contribution in [3.8, 4) is 5.75 Å². The zero-order valence-corrected chi connectivity index (χ0v) is 12.8. The molecule has 0 aliphatic rings. The molecule has 1 aromatic heterocycles. The van der Waals surface area contributed by atoms with Gasteiger partial charge in [-0.3, -0.25) is 9.78 Å². The second-order valence-corrected chi connectivity index (χ2v) is 5.14. The van der Waals surface area contributed by atoms with E-state index in [1.54, 1.807) is 32.2 Å². The Hall–Kier alpha value is -2.95. The number of nitrogens with zero attached hydrogens (tertiary/aromatic N) is 1. The lowest BCUT2D eigenvalue weighted by Crippen LogP contribution is -2.14. The average Bonchev–Trinajstić information content (AvgIpc) is 2.53. The average molecular weight is 310 g/mol. The largest absolute Gasteiger partial charge is 0.497 e. The predicted octanol–water partition coefficient (Wildman–Crippen LogP) is 3.94. The lowest BCUT2D eigenvalue weighted by atomic mass is 10.1. The first-order valence-electron chi connectivity index (χ1n) is 7.09. The van der Waals surface area contributed by atoms with E-state index in [4.69, 9.17) is 4.74 Å². The Morgan fingerprint density at radius 3 is 2.74 bits per heavy atom. The molecule has 5 heteroatoms. The van der Waals surface area contributed by atoms with Gasteiger partial charge in [0.15, 0.2) is 0 Å². The van der Waals surface area contributed by atoms with E-state index < -0.39 is 5.82 Å². The van der Waals surface area contributed by atoms with Gasteiger partial charge in [0.2, 0.25) is 0 Å². The summed E-state index contributed by atoms with van der Waals surface area (Å²) in [7, 11) is 1.59. The van der Waals surface area contributed by atoms with Crippen molar-refractivity contribution in [3.63, 3.8) is 0 Å². The second kappa shape index (κ2) is 6.04. The number of fused-ring (bicyclic) bond motifs is 1. The number of methoxy groups -OCH3 is 1. The van der Waals surface area contributed by atoms with Crippen LogP contribution in [0.1, 0.15) is 16.1 Å². The summed E-state index contributed by atoms with van der Waals surface area (Å²) in [4.78, 5) is 16.9. The SMILES string of the molecule is COc1ccc2cc(C(=O)Nc3cccc(F)c3)c(C)nc2c1. The number of hydrogen-bond acceptors (Lipinski definition) is 3. The van der Waals surface area contributed by atoms with Crippen molar-refractivity contribution in [2.45, 2.75) is 6.92 Å². The Morgan fingerprint density at radius 1 is 1.17 bits per heavy atom. The molecule has 0 saturated carbocycles. The third-order valence-corrected chi connectivity index (χ3v) is 3.54. The highest BCUT2D eigenvalue weighted by Gasteiger charge is 2.12. The molecule has 0 aliphatic heterocycles. The standard InChI is InChI=1S/C18H15FN2O2/c1-11-16(18(22)21-14-5-3-4-13(19)9-14)8-12-6-7-15(23-2)10-17(12)20-11/h3-10H,1-2H3,(H,21,22). The fourth-order valence-electron chi connectivity index (χ4n) is 2.36. The van der Waals surface area contributed by atoms with Crippen LogP contribution in [0.5, 0.6) is 5.75 Å². The minimum absolute atomic E-state index is 0.321. The monoisotopic (exact) mass is 310 g/mol. The van der Waals surface area contributed by atoms with Crippen LogP contribution in [0.15, 0.2) is 48.5 Å². The van der Waals surface area contributed by atoms with Crippen molar-refractivity contribution in [3.05, 3.63) is 65.6 Å². The van der Waals surface area contributed by atoms with Crippen molar-refractivity contribution in [2.24, 2.45) is 0 Å². The van der Waals surface area contributed by atoms with E-state index >= 15 is 0 Å². The first-order valence-corrected chi connectivity index (χ1v) is 7.09. The van der Waals surface area contributed by atoms with Gasteiger partial charge in [0.05, 0.1) is 23.9 Å². The van der Waals surface area contributed by atoms with Gasteiger partial charge in [0.25, 0.3) is 5.91 Å². The Labute approximate surface area is 132 Å². The number of aryl methyl sites for hydroxylation is 1. The molecule has 1 amide bonds. The van der Waals surface area contributed by atoms with Gasteiger partial charge in [-0.1, -0.05) is 6.07 Å². The summed E-state index contributed by atoms with van der Waals surface area (Å²) in [6.07, 6.45) is 0. The third kappa shape index (κ3) is 3.13. The second-order valence-electron chi connectivity index (χ2n) is 5.14. The van der Waals surface area contributed by atoms with Crippen LogP contribution < -0.4 is 10.1 Å². The fourth-order valence-corrected chi connectivity index (χ4v) is 2.36. The Morgan fingerprint density at radius 2 is 2.00 bits per heavy atom. The van der Waals surface area contributed by atoms with Gasteiger partial charge in [0.1, 0.15) is 11.6 Å². The van der Waals surface area contributed by atoms with E-state index in [9.17, 15) is 9.18 Å². The van der Waals surface area contributed by atoms with Crippen molar-refractivity contribution in [2.75, 3.05) is 12.4 Å². The van der Waals surface area contributed by atoms with Crippen molar-refractivity contribution >= 4 is 22.5 Å². The maximum atomic E-state index is 13.2. The highest BCUT2D eigenvalue weighted by atomic mass is 19.1. The molecule has 0 atom stereocenters. The molecule has 3 aromatic rings. The van der Waals surface area contributed by atoms with E-state index in [0.717, 1.165) is 10.9 Å². The smallest absolute Gasteiger partial charge is 0.257 e. The zero-order valence-electron chi connectivity index (χ0n) is 12.8. The molecule has 116 valence electrons. The Kier molecular flexibility index (Phi) is 3.93. The Bertz CT molecular complexity index is 893. The molecule has 4 nitrogen and oxygen atoms in total. The summed E-state index contributed by atoms with van der Waals surface area (Å²) < 4.78 is 18.4. The van der Waals surface area contributed by atoms with Crippen molar-refractivity contribution in [1.82, 2.24) is 4.98 Å². The van der Waals surface area contributed by atoms with Crippen LogP contribution in [-0.2, 0) is 0 Å². The van der Waals surface area contributed by atoms with E-state index in [0.29, 0.717) is 22.7 Å². The number of anilines is 1. The molecule has 0 unspecified atom stereocenters. The van der Waals surface area contributed by atoms with Crippen LogP contribution in [0.4, 0.5) is 10.1 Å². The number of amides is 1. The first-order chi connectivity index (χ1) is 11.1. The number of halogens is 1. The maximum Gasteiger partial charge on any atom is 0.257 e. The van der Waals surface area contributed by atoms with Crippen LogP contribution in [0.3, 0.4) is 0 Å². The topological polar surface area (TPSA) is 51.2 Å². The third-order valence-electron chi connectivity index (χ3n) is 3.54. The highest BCUT2D eigenvalue weighted by Crippen LogP contribution is 2.22. The lowest BCUT2D eigenvalue weighted by molar-refractivity contribution is 0.102. The summed E-state index contributed by atoms with van der Waals surface area (Å²) in [6, 6.07) is 13.0. The summed E-state index contributed by atoms with van der Waals surface area (Å²) in [5.41, 5.74) is 2.21.